The van der Waals surface area contributed by atoms with Crippen molar-refractivity contribution >= 4 is 39.6 Å². The number of carbonyl (C=O) groups is 2. The van der Waals surface area contributed by atoms with Gasteiger partial charge >= 0.3 is 11.9 Å². The van der Waals surface area contributed by atoms with Gasteiger partial charge in [0.25, 0.3) is 0 Å². The summed E-state index contributed by atoms with van der Waals surface area (Å²) in [6.07, 6.45) is 0. The van der Waals surface area contributed by atoms with Crippen molar-refractivity contribution in [1.29, 1.82) is 0 Å². The Kier molecular flexibility index (Phi) is 5.03. The molecule has 1 N–H and O–H groups in total. The maximum atomic E-state index is 11.4. The fourth-order valence-electron chi connectivity index (χ4n) is 1.62. The van der Waals surface area contributed by atoms with E-state index in [9.17, 15) is 9.59 Å². The average molecular weight is 367 g/mol. The van der Waals surface area contributed by atoms with Gasteiger partial charge in [0.05, 0.1) is 18.2 Å². The van der Waals surface area contributed by atoms with E-state index in [1.807, 2.05) is 6.07 Å². The molecular weight excluding hydrogens is 356 g/mol. The van der Waals surface area contributed by atoms with Crippen molar-refractivity contribution in [3.63, 3.8) is 0 Å². The van der Waals surface area contributed by atoms with Gasteiger partial charge in [-0.3, -0.25) is 0 Å². The van der Waals surface area contributed by atoms with Crippen molar-refractivity contribution in [2.75, 3.05) is 7.11 Å². The third kappa shape index (κ3) is 3.86. The van der Waals surface area contributed by atoms with Crippen molar-refractivity contribution < 1.29 is 19.4 Å². The summed E-state index contributed by atoms with van der Waals surface area (Å²) in [7, 11) is 1.34. The van der Waals surface area contributed by atoms with E-state index >= 15 is 0 Å². The lowest BCUT2D eigenvalue weighted by atomic mass is 10.2. The molecule has 0 fully saturated rings. The van der Waals surface area contributed by atoms with Gasteiger partial charge in [-0.25, -0.2) is 9.59 Å². The number of carboxylic acids is 1. The summed E-state index contributed by atoms with van der Waals surface area (Å²) in [4.78, 5) is 24.1. The van der Waals surface area contributed by atoms with Crippen LogP contribution < -0.4 is 0 Å². The van der Waals surface area contributed by atoms with E-state index in [-0.39, 0.29) is 5.56 Å². The maximum absolute atomic E-state index is 11.4. The standard InChI is InChI=1S/C15H11BrO4S/c1-20-15(19)10-4-7-13(12(16)8-10)21-11-5-2-9(3-6-11)14(17)18/h2-8H,1H3,(H,17,18). The van der Waals surface area contributed by atoms with Crippen molar-refractivity contribution in [2.45, 2.75) is 9.79 Å². The van der Waals surface area contributed by atoms with Gasteiger partial charge in [0.1, 0.15) is 0 Å². The first-order chi connectivity index (χ1) is 10.0. The molecule has 2 aromatic carbocycles. The van der Waals surface area contributed by atoms with Crippen molar-refractivity contribution in [1.82, 2.24) is 0 Å². The Hall–Kier alpha value is -1.79. The minimum atomic E-state index is -0.949. The Morgan fingerprint density at radius 2 is 1.71 bits per heavy atom. The Bertz CT molecular complexity index is 683. The van der Waals surface area contributed by atoms with E-state index in [1.54, 1.807) is 36.4 Å². The molecule has 0 atom stereocenters. The second-order valence-electron chi connectivity index (χ2n) is 4.07. The minimum Gasteiger partial charge on any atom is -0.478 e. The maximum Gasteiger partial charge on any atom is 0.337 e. The second kappa shape index (κ2) is 6.78. The summed E-state index contributed by atoms with van der Waals surface area (Å²) in [5.74, 6) is -1.34. The zero-order valence-corrected chi connectivity index (χ0v) is 13.4. The number of aromatic carboxylic acids is 1. The number of methoxy groups -OCH3 is 1. The first-order valence-electron chi connectivity index (χ1n) is 5.90. The van der Waals surface area contributed by atoms with Crippen LogP contribution in [-0.4, -0.2) is 24.2 Å². The molecule has 108 valence electrons. The highest BCUT2D eigenvalue weighted by molar-refractivity contribution is 9.10. The fraction of sp³-hybridized carbons (Fsp3) is 0.0667. The molecule has 0 heterocycles. The van der Waals surface area contributed by atoms with Crippen LogP contribution in [-0.2, 0) is 4.74 Å². The van der Waals surface area contributed by atoms with Gasteiger partial charge in [-0.2, -0.15) is 0 Å². The molecule has 2 rings (SSSR count). The number of hydrogen-bond acceptors (Lipinski definition) is 4. The van der Waals surface area contributed by atoms with Crippen LogP contribution in [0.15, 0.2) is 56.7 Å². The number of benzene rings is 2. The third-order valence-electron chi connectivity index (χ3n) is 2.68. The highest BCUT2D eigenvalue weighted by Crippen LogP contribution is 2.34. The normalized spacial score (nSPS) is 10.2. The van der Waals surface area contributed by atoms with Crippen LogP contribution in [0.4, 0.5) is 0 Å². The number of carbonyl (C=O) groups excluding carboxylic acids is 1. The van der Waals surface area contributed by atoms with Gasteiger partial charge in [0.2, 0.25) is 0 Å². The quantitative estimate of drug-likeness (QED) is 0.825. The van der Waals surface area contributed by atoms with Gasteiger partial charge in [-0.05, 0) is 58.4 Å². The molecule has 21 heavy (non-hydrogen) atoms. The van der Waals surface area contributed by atoms with E-state index in [0.29, 0.717) is 5.56 Å². The molecule has 0 bridgehead atoms. The molecule has 2 aromatic rings. The predicted octanol–water partition coefficient (Wildman–Crippen LogP) is 4.09. The summed E-state index contributed by atoms with van der Waals surface area (Å²) in [5.41, 5.74) is 0.717. The molecule has 0 aliphatic carbocycles. The Morgan fingerprint density at radius 3 is 2.24 bits per heavy atom. The SMILES string of the molecule is COC(=O)c1ccc(Sc2ccc(C(=O)O)cc2)c(Br)c1. The topological polar surface area (TPSA) is 63.6 Å². The highest BCUT2D eigenvalue weighted by Gasteiger charge is 2.10. The molecule has 0 spiro atoms. The molecule has 6 heteroatoms. The Labute approximate surface area is 134 Å². The number of rotatable bonds is 4. The smallest absolute Gasteiger partial charge is 0.337 e. The number of carboxylic acid groups (broad SMARTS) is 1. The second-order valence-corrected chi connectivity index (χ2v) is 6.04. The lowest BCUT2D eigenvalue weighted by Gasteiger charge is -2.06. The van der Waals surface area contributed by atoms with E-state index in [1.165, 1.54) is 18.9 Å². The van der Waals surface area contributed by atoms with E-state index in [4.69, 9.17) is 5.11 Å². The monoisotopic (exact) mass is 366 g/mol. The van der Waals surface area contributed by atoms with E-state index in [2.05, 4.69) is 20.7 Å². The summed E-state index contributed by atoms with van der Waals surface area (Å²) in [6.45, 7) is 0. The molecule has 0 amide bonds. The minimum absolute atomic E-state index is 0.249. The van der Waals surface area contributed by atoms with Crippen molar-refractivity contribution in [3.05, 3.63) is 58.1 Å². The molecule has 0 aromatic heterocycles. The number of halogens is 1. The zero-order valence-electron chi connectivity index (χ0n) is 11.0. The number of ether oxygens (including phenoxy) is 1. The summed E-state index contributed by atoms with van der Waals surface area (Å²) < 4.78 is 5.44. The van der Waals surface area contributed by atoms with E-state index in [0.717, 1.165) is 14.3 Å². The molecule has 0 aliphatic rings. The number of esters is 1. The molecule has 0 saturated heterocycles. The molecular formula is C15H11BrO4S. The van der Waals surface area contributed by atoms with Gasteiger partial charge in [-0.1, -0.05) is 11.8 Å². The molecule has 4 nitrogen and oxygen atoms in total. The van der Waals surface area contributed by atoms with Crippen LogP contribution in [0, 0.1) is 0 Å². The Balaban J connectivity index is 2.19. The molecule has 0 saturated carbocycles. The summed E-state index contributed by atoms with van der Waals surface area (Å²) in [6, 6.07) is 11.8. The lowest BCUT2D eigenvalue weighted by molar-refractivity contribution is 0.0599. The van der Waals surface area contributed by atoms with Crippen LogP contribution in [0.2, 0.25) is 0 Å². The van der Waals surface area contributed by atoms with Crippen molar-refractivity contribution in [2.24, 2.45) is 0 Å². The van der Waals surface area contributed by atoms with Gasteiger partial charge in [0, 0.05) is 14.3 Å². The molecule has 0 aliphatic heterocycles. The zero-order chi connectivity index (χ0) is 15.4. The lowest BCUT2D eigenvalue weighted by Crippen LogP contribution is -2.00. The van der Waals surface area contributed by atoms with Crippen LogP contribution >= 0.6 is 27.7 Å². The van der Waals surface area contributed by atoms with Crippen LogP contribution in [0.5, 0.6) is 0 Å². The molecule has 0 radical (unpaired) electrons. The first kappa shape index (κ1) is 15.6. The van der Waals surface area contributed by atoms with E-state index < -0.39 is 11.9 Å². The van der Waals surface area contributed by atoms with Crippen LogP contribution in [0.25, 0.3) is 0 Å². The van der Waals surface area contributed by atoms with Crippen molar-refractivity contribution in [3.8, 4) is 0 Å². The Morgan fingerprint density at radius 1 is 1.10 bits per heavy atom. The largest absolute Gasteiger partial charge is 0.478 e. The van der Waals surface area contributed by atoms with Gasteiger partial charge < -0.3 is 9.84 Å². The highest BCUT2D eigenvalue weighted by atomic mass is 79.9. The summed E-state index contributed by atoms with van der Waals surface area (Å²) >= 11 is 4.89. The first-order valence-corrected chi connectivity index (χ1v) is 7.51. The third-order valence-corrected chi connectivity index (χ3v) is 4.68. The number of hydrogen-bond donors (Lipinski definition) is 1. The van der Waals surface area contributed by atoms with Crippen LogP contribution in [0.3, 0.4) is 0 Å². The fourth-order valence-corrected chi connectivity index (χ4v) is 3.06. The van der Waals surface area contributed by atoms with Crippen LogP contribution in [0.1, 0.15) is 20.7 Å². The predicted molar refractivity (Wildman–Crippen MR) is 83.0 cm³/mol. The van der Waals surface area contributed by atoms with Gasteiger partial charge in [-0.15, -0.1) is 0 Å². The van der Waals surface area contributed by atoms with Gasteiger partial charge in [0.15, 0.2) is 0 Å². The average Bonchev–Trinajstić information content (AvgIpc) is 2.49. The molecule has 0 unspecified atom stereocenters. The summed E-state index contributed by atoms with van der Waals surface area (Å²) in [5, 5.41) is 8.86.